The molecular formula is C27H24FN3O2. The molecule has 4 aromatic rings. The van der Waals surface area contributed by atoms with Crippen LogP contribution in [0.2, 0.25) is 0 Å². The van der Waals surface area contributed by atoms with Gasteiger partial charge in [-0.05, 0) is 53.9 Å². The Labute approximate surface area is 191 Å². The average molecular weight is 442 g/mol. The summed E-state index contributed by atoms with van der Waals surface area (Å²) in [6.45, 7) is 1.30. The Balaban J connectivity index is 1.67. The molecular weight excluding hydrogens is 417 g/mol. The number of methoxy groups -OCH3 is 1. The molecule has 0 bridgehead atoms. The fourth-order valence-electron chi connectivity index (χ4n) is 4.54. The third-order valence-electron chi connectivity index (χ3n) is 6.12. The maximum absolute atomic E-state index is 13.7. The lowest BCUT2D eigenvalue weighted by atomic mass is 9.95. The van der Waals surface area contributed by atoms with E-state index in [1.54, 1.807) is 31.6 Å². The van der Waals surface area contributed by atoms with Gasteiger partial charge in [0, 0.05) is 48.7 Å². The van der Waals surface area contributed by atoms with Crippen LogP contribution in [0.25, 0.3) is 22.4 Å². The van der Waals surface area contributed by atoms with Crippen LogP contribution in [-0.4, -0.2) is 29.1 Å². The minimum atomic E-state index is -0.304. The smallest absolute Gasteiger partial charge is 0.253 e. The third-order valence-corrected chi connectivity index (χ3v) is 6.12. The summed E-state index contributed by atoms with van der Waals surface area (Å²) in [5.41, 5.74) is 6.46. The number of carbonyl (C=O) groups is 1. The van der Waals surface area contributed by atoms with Crippen LogP contribution in [0, 0.1) is 5.82 Å². The Morgan fingerprint density at radius 1 is 0.970 bits per heavy atom. The largest absolute Gasteiger partial charge is 0.497 e. The fourth-order valence-corrected chi connectivity index (χ4v) is 4.54. The summed E-state index contributed by atoms with van der Waals surface area (Å²) < 4.78 is 21.2. The van der Waals surface area contributed by atoms with Gasteiger partial charge in [0.2, 0.25) is 0 Å². The molecule has 0 unspecified atom stereocenters. The van der Waals surface area contributed by atoms with Crippen LogP contribution >= 0.6 is 0 Å². The first-order valence-corrected chi connectivity index (χ1v) is 11.0. The number of halogens is 1. The van der Waals surface area contributed by atoms with Crippen molar-refractivity contribution in [2.24, 2.45) is 0 Å². The molecule has 2 aromatic heterocycles. The van der Waals surface area contributed by atoms with Gasteiger partial charge < -0.3 is 14.6 Å². The standard InChI is InChI=1S/C27H24FN3O2/c1-33-22-8-2-18(3-9-22)13-17-31-23-12-16-30-27(32)25(23)24(19-4-6-21(28)7-5-19)26(31)20-10-14-29-15-11-20/h2-11,14-15H,12-13,16-17H2,1H3,(H,30,32). The summed E-state index contributed by atoms with van der Waals surface area (Å²) in [4.78, 5) is 17.2. The Hall–Kier alpha value is -3.93. The SMILES string of the molecule is COc1ccc(CCn2c3c(c(-c4ccc(F)cc4)c2-c2ccncc2)C(=O)NCC3)cc1. The van der Waals surface area contributed by atoms with Gasteiger partial charge in [0.05, 0.1) is 18.4 Å². The predicted molar refractivity (Wildman–Crippen MR) is 126 cm³/mol. The highest BCUT2D eigenvalue weighted by Gasteiger charge is 2.31. The Morgan fingerprint density at radius 2 is 1.70 bits per heavy atom. The number of nitrogens with zero attached hydrogens (tertiary/aromatic N) is 2. The van der Waals surface area contributed by atoms with Crippen LogP contribution in [0.3, 0.4) is 0 Å². The summed E-state index contributed by atoms with van der Waals surface area (Å²) in [6, 6.07) is 18.3. The van der Waals surface area contributed by atoms with Crippen molar-refractivity contribution in [2.45, 2.75) is 19.4 Å². The minimum Gasteiger partial charge on any atom is -0.497 e. The number of hydrogen-bond donors (Lipinski definition) is 1. The molecule has 0 aliphatic carbocycles. The zero-order valence-corrected chi connectivity index (χ0v) is 18.3. The molecule has 0 saturated heterocycles. The van der Waals surface area contributed by atoms with Crippen molar-refractivity contribution in [3.8, 4) is 28.1 Å². The van der Waals surface area contributed by atoms with Gasteiger partial charge in [-0.25, -0.2) is 4.39 Å². The molecule has 0 spiro atoms. The van der Waals surface area contributed by atoms with Gasteiger partial charge in [-0.1, -0.05) is 24.3 Å². The molecule has 0 saturated carbocycles. The molecule has 33 heavy (non-hydrogen) atoms. The van der Waals surface area contributed by atoms with Crippen LogP contribution < -0.4 is 10.1 Å². The highest BCUT2D eigenvalue weighted by atomic mass is 19.1. The summed E-state index contributed by atoms with van der Waals surface area (Å²) in [5.74, 6) is 0.431. The van der Waals surface area contributed by atoms with Crippen molar-refractivity contribution in [1.29, 1.82) is 0 Å². The molecule has 166 valence electrons. The number of hydrogen-bond acceptors (Lipinski definition) is 3. The number of ether oxygens (including phenoxy) is 1. The number of aromatic nitrogens is 2. The second kappa shape index (κ2) is 8.90. The number of nitrogens with one attached hydrogen (secondary N) is 1. The van der Waals surface area contributed by atoms with Crippen LogP contribution in [0.5, 0.6) is 5.75 Å². The van der Waals surface area contributed by atoms with Crippen LogP contribution in [0.1, 0.15) is 21.6 Å². The van der Waals surface area contributed by atoms with Crippen LogP contribution in [0.15, 0.2) is 73.1 Å². The summed E-state index contributed by atoms with van der Waals surface area (Å²) in [5, 5.41) is 2.99. The summed E-state index contributed by atoms with van der Waals surface area (Å²) in [7, 11) is 1.66. The number of fused-ring (bicyclic) bond motifs is 1. The second-order valence-corrected chi connectivity index (χ2v) is 8.04. The van der Waals surface area contributed by atoms with E-state index < -0.39 is 0 Å². The lowest BCUT2D eigenvalue weighted by molar-refractivity contribution is 0.0946. The van der Waals surface area contributed by atoms with Crippen LogP contribution in [-0.2, 0) is 19.4 Å². The van der Waals surface area contributed by atoms with Gasteiger partial charge in [0.1, 0.15) is 11.6 Å². The number of carbonyl (C=O) groups excluding carboxylic acids is 1. The van der Waals surface area contributed by atoms with Gasteiger partial charge in [-0.15, -0.1) is 0 Å². The van der Waals surface area contributed by atoms with E-state index >= 15 is 0 Å². The minimum absolute atomic E-state index is 0.0888. The second-order valence-electron chi connectivity index (χ2n) is 8.04. The van der Waals surface area contributed by atoms with Gasteiger partial charge in [-0.3, -0.25) is 9.78 Å². The molecule has 0 fully saturated rings. The van der Waals surface area contributed by atoms with E-state index in [2.05, 4.69) is 27.0 Å². The first-order chi connectivity index (χ1) is 16.2. The number of aryl methyl sites for hydroxylation is 1. The molecule has 5 nitrogen and oxygen atoms in total. The van der Waals surface area contributed by atoms with E-state index in [9.17, 15) is 9.18 Å². The number of benzene rings is 2. The van der Waals surface area contributed by atoms with Crippen molar-refractivity contribution in [2.75, 3.05) is 13.7 Å². The lowest BCUT2D eigenvalue weighted by Gasteiger charge is -2.18. The van der Waals surface area contributed by atoms with E-state index in [1.807, 2.05) is 24.3 Å². The van der Waals surface area contributed by atoms with E-state index in [0.717, 1.165) is 46.7 Å². The maximum Gasteiger partial charge on any atom is 0.253 e. The van der Waals surface area contributed by atoms with Crippen molar-refractivity contribution in [1.82, 2.24) is 14.9 Å². The topological polar surface area (TPSA) is 56.2 Å². The van der Waals surface area contributed by atoms with E-state index in [1.165, 1.54) is 17.7 Å². The first kappa shape index (κ1) is 20.9. The fraction of sp³-hybridized carbons (Fsp3) is 0.185. The van der Waals surface area contributed by atoms with Gasteiger partial charge in [0.15, 0.2) is 0 Å². The van der Waals surface area contributed by atoms with Gasteiger partial charge >= 0.3 is 0 Å². The average Bonchev–Trinajstić information content (AvgIpc) is 3.19. The van der Waals surface area contributed by atoms with Crippen molar-refractivity contribution >= 4 is 5.91 Å². The molecule has 1 N–H and O–H groups in total. The molecule has 1 aliphatic heterocycles. The zero-order valence-electron chi connectivity index (χ0n) is 18.3. The third kappa shape index (κ3) is 4.00. The molecule has 1 aliphatic rings. The molecule has 0 atom stereocenters. The van der Waals surface area contributed by atoms with Crippen molar-refractivity contribution in [3.63, 3.8) is 0 Å². The Kier molecular flexibility index (Phi) is 5.65. The van der Waals surface area contributed by atoms with Gasteiger partial charge in [-0.2, -0.15) is 0 Å². The Bertz CT molecular complexity index is 1280. The summed E-state index contributed by atoms with van der Waals surface area (Å²) >= 11 is 0. The molecule has 6 heteroatoms. The number of pyridine rings is 1. The maximum atomic E-state index is 13.7. The highest BCUT2D eigenvalue weighted by molar-refractivity contribution is 6.07. The van der Waals surface area contributed by atoms with E-state index in [0.29, 0.717) is 18.7 Å². The van der Waals surface area contributed by atoms with E-state index in [-0.39, 0.29) is 11.7 Å². The molecule has 1 amide bonds. The Morgan fingerprint density at radius 3 is 2.39 bits per heavy atom. The molecule has 5 rings (SSSR count). The molecule has 2 aromatic carbocycles. The number of amides is 1. The quantitative estimate of drug-likeness (QED) is 0.463. The highest BCUT2D eigenvalue weighted by Crippen LogP contribution is 2.40. The zero-order chi connectivity index (χ0) is 22.8. The monoisotopic (exact) mass is 441 g/mol. The van der Waals surface area contributed by atoms with Crippen molar-refractivity contribution < 1.29 is 13.9 Å². The lowest BCUT2D eigenvalue weighted by Crippen LogP contribution is -2.32. The molecule has 0 radical (unpaired) electrons. The van der Waals surface area contributed by atoms with Crippen LogP contribution in [0.4, 0.5) is 4.39 Å². The van der Waals surface area contributed by atoms with Gasteiger partial charge in [0.25, 0.3) is 5.91 Å². The molecule has 3 heterocycles. The van der Waals surface area contributed by atoms with Crippen molar-refractivity contribution in [3.05, 3.63) is 95.7 Å². The normalized spacial score (nSPS) is 12.8. The summed E-state index contributed by atoms with van der Waals surface area (Å²) in [6.07, 6.45) is 5.05. The predicted octanol–water partition coefficient (Wildman–Crippen LogP) is 4.89. The van der Waals surface area contributed by atoms with E-state index in [4.69, 9.17) is 4.74 Å². The number of rotatable bonds is 6. The first-order valence-electron chi connectivity index (χ1n) is 11.0.